The average Bonchev–Trinajstić information content (AvgIpc) is 2.16. The molecule has 0 saturated heterocycles. The summed E-state index contributed by atoms with van der Waals surface area (Å²) in [5.41, 5.74) is 0.361. The molecule has 0 aliphatic carbocycles. The first kappa shape index (κ1) is 11.7. The van der Waals surface area contributed by atoms with Gasteiger partial charge in [-0.1, -0.05) is 6.07 Å². The zero-order valence-electron chi connectivity index (χ0n) is 8.98. The summed E-state index contributed by atoms with van der Waals surface area (Å²) < 4.78 is 23.2. The zero-order chi connectivity index (χ0) is 11.7. The predicted octanol–water partition coefficient (Wildman–Crippen LogP) is 2.13. The number of hydrogen-bond acceptors (Lipinski definition) is 3. The predicted molar refractivity (Wildman–Crippen MR) is 58.1 cm³/mol. The maximum absolute atomic E-state index is 12.0. The van der Waals surface area contributed by atoms with E-state index in [1.54, 1.807) is 32.9 Å². The molecule has 4 heteroatoms. The van der Waals surface area contributed by atoms with Crippen molar-refractivity contribution in [3.63, 3.8) is 0 Å². The van der Waals surface area contributed by atoms with E-state index >= 15 is 0 Å². The van der Waals surface area contributed by atoms with Gasteiger partial charge in [0, 0.05) is 0 Å². The van der Waals surface area contributed by atoms with Crippen molar-refractivity contribution in [1.82, 2.24) is 0 Å². The van der Waals surface area contributed by atoms with E-state index in [-0.39, 0.29) is 4.90 Å². The van der Waals surface area contributed by atoms with Gasteiger partial charge in [-0.05, 0) is 39.0 Å². The van der Waals surface area contributed by atoms with Gasteiger partial charge in [-0.2, -0.15) is 5.26 Å². The van der Waals surface area contributed by atoms with E-state index in [0.717, 1.165) is 0 Å². The molecular weight excluding hydrogens is 210 g/mol. The molecule has 0 unspecified atom stereocenters. The van der Waals surface area contributed by atoms with Gasteiger partial charge in [0.2, 0.25) is 0 Å². The molecule has 3 nitrogen and oxygen atoms in total. The summed E-state index contributed by atoms with van der Waals surface area (Å²) in [5, 5.41) is 8.69. The van der Waals surface area contributed by atoms with Crippen LogP contribution >= 0.6 is 0 Å². The van der Waals surface area contributed by atoms with Crippen LogP contribution in [-0.2, 0) is 9.84 Å². The number of sulfone groups is 1. The molecular formula is C11H13NO2S. The van der Waals surface area contributed by atoms with Crippen molar-refractivity contribution in [1.29, 1.82) is 5.26 Å². The van der Waals surface area contributed by atoms with E-state index in [1.165, 1.54) is 12.1 Å². The summed E-state index contributed by atoms with van der Waals surface area (Å²) in [6.45, 7) is 4.92. The molecule has 15 heavy (non-hydrogen) atoms. The summed E-state index contributed by atoms with van der Waals surface area (Å²) in [6, 6.07) is 8.01. The minimum absolute atomic E-state index is 0.203. The van der Waals surface area contributed by atoms with Crippen LogP contribution in [0.2, 0.25) is 0 Å². The van der Waals surface area contributed by atoms with Crippen LogP contribution in [-0.4, -0.2) is 13.2 Å². The third-order valence-electron chi connectivity index (χ3n) is 2.08. The zero-order valence-corrected chi connectivity index (χ0v) is 9.80. The van der Waals surface area contributed by atoms with Gasteiger partial charge < -0.3 is 0 Å². The second-order valence-electron chi connectivity index (χ2n) is 4.26. The number of rotatable bonds is 1. The topological polar surface area (TPSA) is 57.9 Å². The van der Waals surface area contributed by atoms with E-state index in [9.17, 15) is 8.42 Å². The van der Waals surface area contributed by atoms with E-state index in [2.05, 4.69) is 0 Å². The summed E-state index contributed by atoms with van der Waals surface area (Å²) in [6.07, 6.45) is 0. The Hall–Kier alpha value is -1.34. The fraction of sp³-hybridized carbons (Fsp3) is 0.364. The molecule has 0 bridgehead atoms. The van der Waals surface area contributed by atoms with Crippen LogP contribution in [0.15, 0.2) is 29.2 Å². The Morgan fingerprint density at radius 1 is 1.27 bits per heavy atom. The van der Waals surface area contributed by atoms with Gasteiger partial charge in [0.25, 0.3) is 0 Å². The number of hydrogen-bond donors (Lipinski definition) is 0. The van der Waals surface area contributed by atoms with Gasteiger partial charge >= 0.3 is 0 Å². The fourth-order valence-corrected chi connectivity index (χ4v) is 2.33. The quantitative estimate of drug-likeness (QED) is 0.732. The van der Waals surface area contributed by atoms with Gasteiger partial charge in [0.1, 0.15) is 0 Å². The van der Waals surface area contributed by atoms with Crippen LogP contribution in [0.25, 0.3) is 0 Å². The molecule has 0 fully saturated rings. The highest BCUT2D eigenvalue weighted by molar-refractivity contribution is 7.92. The Morgan fingerprint density at radius 3 is 2.33 bits per heavy atom. The van der Waals surface area contributed by atoms with Gasteiger partial charge in [-0.15, -0.1) is 0 Å². The third kappa shape index (κ3) is 2.18. The second kappa shape index (κ2) is 3.67. The van der Waals surface area contributed by atoms with Crippen LogP contribution in [0, 0.1) is 11.3 Å². The second-order valence-corrected chi connectivity index (χ2v) is 6.96. The Balaban J connectivity index is 3.37. The first-order valence-corrected chi connectivity index (χ1v) is 6.02. The van der Waals surface area contributed by atoms with Crippen molar-refractivity contribution in [3.05, 3.63) is 29.8 Å². The SMILES string of the molecule is CC(C)(C)S(=O)(=O)c1cccc(C#N)c1. The highest BCUT2D eigenvalue weighted by Crippen LogP contribution is 2.24. The molecule has 0 aliphatic heterocycles. The first-order chi connectivity index (χ1) is 6.79. The van der Waals surface area contributed by atoms with Gasteiger partial charge in [-0.3, -0.25) is 0 Å². The Bertz CT molecular complexity index is 504. The number of nitriles is 1. The summed E-state index contributed by atoms with van der Waals surface area (Å²) in [4.78, 5) is 0.203. The van der Waals surface area contributed by atoms with E-state index in [1.807, 2.05) is 6.07 Å². The maximum Gasteiger partial charge on any atom is 0.183 e. The summed E-state index contributed by atoms with van der Waals surface area (Å²) >= 11 is 0. The molecule has 1 aromatic carbocycles. The molecule has 0 atom stereocenters. The molecule has 0 heterocycles. The minimum atomic E-state index is -3.36. The summed E-state index contributed by atoms with van der Waals surface area (Å²) in [7, 11) is -3.36. The van der Waals surface area contributed by atoms with Gasteiger partial charge in [0.15, 0.2) is 9.84 Å². The van der Waals surface area contributed by atoms with E-state index in [4.69, 9.17) is 5.26 Å². The van der Waals surface area contributed by atoms with Crippen molar-refractivity contribution < 1.29 is 8.42 Å². The largest absolute Gasteiger partial charge is 0.223 e. The molecule has 0 N–H and O–H groups in total. The maximum atomic E-state index is 12.0. The molecule has 0 aromatic heterocycles. The van der Waals surface area contributed by atoms with Gasteiger partial charge in [0.05, 0.1) is 21.3 Å². The van der Waals surface area contributed by atoms with Crippen LogP contribution < -0.4 is 0 Å². The lowest BCUT2D eigenvalue weighted by Crippen LogP contribution is -2.27. The molecule has 0 aliphatic rings. The average molecular weight is 223 g/mol. The van der Waals surface area contributed by atoms with Crippen molar-refractivity contribution in [2.45, 2.75) is 30.4 Å². The molecule has 1 rings (SSSR count). The summed E-state index contributed by atoms with van der Waals surface area (Å²) in [5.74, 6) is 0. The molecule has 1 aromatic rings. The Kier molecular flexibility index (Phi) is 2.87. The normalized spacial score (nSPS) is 12.1. The van der Waals surface area contributed by atoms with E-state index < -0.39 is 14.6 Å². The first-order valence-electron chi connectivity index (χ1n) is 4.54. The highest BCUT2D eigenvalue weighted by Gasteiger charge is 2.30. The van der Waals surface area contributed by atoms with Crippen LogP contribution in [0.4, 0.5) is 0 Å². The standard InChI is InChI=1S/C11H13NO2S/c1-11(2,3)15(13,14)10-6-4-5-9(7-10)8-12/h4-7H,1-3H3. The smallest absolute Gasteiger partial charge is 0.183 e. The van der Waals surface area contributed by atoms with Crippen molar-refractivity contribution in [2.75, 3.05) is 0 Å². The molecule has 0 spiro atoms. The van der Waals surface area contributed by atoms with Gasteiger partial charge in [-0.25, -0.2) is 8.42 Å². The molecule has 0 saturated carbocycles. The van der Waals surface area contributed by atoms with E-state index in [0.29, 0.717) is 5.56 Å². The molecule has 80 valence electrons. The van der Waals surface area contributed by atoms with Crippen LogP contribution in [0.5, 0.6) is 0 Å². The lowest BCUT2D eigenvalue weighted by Gasteiger charge is -2.19. The van der Waals surface area contributed by atoms with Crippen LogP contribution in [0.1, 0.15) is 26.3 Å². The fourth-order valence-electron chi connectivity index (χ4n) is 1.09. The number of benzene rings is 1. The van der Waals surface area contributed by atoms with Crippen LogP contribution in [0.3, 0.4) is 0 Å². The molecule has 0 radical (unpaired) electrons. The lowest BCUT2D eigenvalue weighted by molar-refractivity contribution is 0.560. The monoisotopic (exact) mass is 223 g/mol. The van der Waals surface area contributed by atoms with Crippen molar-refractivity contribution >= 4 is 9.84 Å². The third-order valence-corrected chi connectivity index (χ3v) is 4.57. The Morgan fingerprint density at radius 2 is 1.87 bits per heavy atom. The number of nitrogens with zero attached hydrogens (tertiary/aromatic N) is 1. The minimum Gasteiger partial charge on any atom is -0.223 e. The lowest BCUT2D eigenvalue weighted by atomic mass is 10.2. The van der Waals surface area contributed by atoms with Crippen molar-refractivity contribution in [3.8, 4) is 6.07 Å². The van der Waals surface area contributed by atoms with Crippen molar-refractivity contribution in [2.24, 2.45) is 0 Å². The highest BCUT2D eigenvalue weighted by atomic mass is 32.2. The Labute approximate surface area is 90.3 Å². The molecule has 0 amide bonds.